The maximum Gasteiger partial charge on any atom is 0.234 e. The van der Waals surface area contributed by atoms with E-state index in [-0.39, 0.29) is 17.1 Å². The van der Waals surface area contributed by atoms with Crippen LogP contribution in [0.25, 0.3) is 0 Å². The Hall–Kier alpha value is -1.89. The van der Waals surface area contributed by atoms with Crippen LogP contribution in [0.5, 0.6) is 0 Å². The predicted octanol–water partition coefficient (Wildman–Crippen LogP) is 2.44. The van der Waals surface area contributed by atoms with E-state index in [1.165, 1.54) is 11.8 Å². The quantitative estimate of drug-likeness (QED) is 0.789. The van der Waals surface area contributed by atoms with Gasteiger partial charge < -0.3 is 5.32 Å². The van der Waals surface area contributed by atoms with Crippen molar-refractivity contribution in [3.63, 3.8) is 0 Å². The van der Waals surface area contributed by atoms with Gasteiger partial charge in [0.05, 0.1) is 11.3 Å². The standard InChI is InChI=1S/C16H21N5OS/c1-11(2)14(15(22)17-10-12-6-4-3-5-7-12)23-16-18-19-20-21(16)13-8-9-13/h3-7,11,13-14H,8-10H2,1-2H3,(H,17,22)/t14-/m0/s1. The molecule has 1 amide bonds. The summed E-state index contributed by atoms with van der Waals surface area (Å²) in [6.07, 6.45) is 2.23. The second-order valence-electron chi connectivity index (χ2n) is 6.12. The fourth-order valence-electron chi connectivity index (χ4n) is 2.30. The van der Waals surface area contributed by atoms with E-state index in [4.69, 9.17) is 0 Å². The van der Waals surface area contributed by atoms with Crippen molar-refractivity contribution in [1.29, 1.82) is 0 Å². The van der Waals surface area contributed by atoms with Gasteiger partial charge in [0.25, 0.3) is 0 Å². The largest absolute Gasteiger partial charge is 0.351 e. The van der Waals surface area contributed by atoms with Crippen LogP contribution in [0.3, 0.4) is 0 Å². The second kappa shape index (κ2) is 7.12. The molecular formula is C16H21N5OS. The minimum Gasteiger partial charge on any atom is -0.351 e. The summed E-state index contributed by atoms with van der Waals surface area (Å²) in [5.41, 5.74) is 1.09. The van der Waals surface area contributed by atoms with E-state index in [9.17, 15) is 4.79 Å². The lowest BCUT2D eigenvalue weighted by Gasteiger charge is -2.19. The highest BCUT2D eigenvalue weighted by Gasteiger charge is 2.31. The minimum atomic E-state index is -0.206. The van der Waals surface area contributed by atoms with Crippen LogP contribution in [0, 0.1) is 5.92 Å². The average Bonchev–Trinajstić information content (AvgIpc) is 3.29. The smallest absolute Gasteiger partial charge is 0.234 e. The second-order valence-corrected chi connectivity index (χ2v) is 7.23. The first-order valence-electron chi connectivity index (χ1n) is 7.91. The number of hydrogen-bond acceptors (Lipinski definition) is 5. The Balaban J connectivity index is 1.63. The first-order valence-corrected chi connectivity index (χ1v) is 8.79. The lowest BCUT2D eigenvalue weighted by molar-refractivity contribution is -0.121. The number of aromatic nitrogens is 4. The molecule has 23 heavy (non-hydrogen) atoms. The number of amides is 1. The molecule has 1 heterocycles. The Morgan fingerprint density at radius 1 is 1.35 bits per heavy atom. The van der Waals surface area contributed by atoms with Crippen LogP contribution in [0.4, 0.5) is 0 Å². The third-order valence-corrected chi connectivity index (χ3v) is 5.25. The molecule has 6 nitrogen and oxygen atoms in total. The van der Waals surface area contributed by atoms with Crippen LogP contribution >= 0.6 is 11.8 Å². The fraction of sp³-hybridized carbons (Fsp3) is 0.500. The highest BCUT2D eigenvalue weighted by atomic mass is 32.2. The minimum absolute atomic E-state index is 0.0270. The average molecular weight is 331 g/mol. The van der Waals surface area contributed by atoms with Crippen molar-refractivity contribution < 1.29 is 4.79 Å². The highest BCUT2D eigenvalue weighted by molar-refractivity contribution is 8.00. The molecule has 0 radical (unpaired) electrons. The zero-order valence-electron chi connectivity index (χ0n) is 13.3. The summed E-state index contributed by atoms with van der Waals surface area (Å²) >= 11 is 1.46. The molecule has 1 aliphatic rings. The van der Waals surface area contributed by atoms with Gasteiger partial charge >= 0.3 is 0 Å². The van der Waals surface area contributed by atoms with Crippen molar-refractivity contribution >= 4 is 17.7 Å². The summed E-state index contributed by atoms with van der Waals surface area (Å²) in [7, 11) is 0. The molecule has 0 unspecified atom stereocenters. The molecule has 122 valence electrons. The molecule has 0 aliphatic heterocycles. The van der Waals surface area contributed by atoms with Crippen LogP contribution in [0.2, 0.25) is 0 Å². The van der Waals surface area contributed by atoms with Crippen LogP contribution in [0.1, 0.15) is 38.3 Å². The van der Waals surface area contributed by atoms with E-state index in [0.29, 0.717) is 12.6 Å². The number of rotatable bonds is 7. The van der Waals surface area contributed by atoms with Gasteiger partial charge in [0.1, 0.15) is 0 Å². The molecule has 1 N–H and O–H groups in total. The Morgan fingerprint density at radius 3 is 2.74 bits per heavy atom. The topological polar surface area (TPSA) is 72.7 Å². The third-order valence-electron chi connectivity index (χ3n) is 3.76. The van der Waals surface area contributed by atoms with Gasteiger partial charge in [0.2, 0.25) is 11.1 Å². The Labute approximate surface area is 140 Å². The molecule has 1 atom stereocenters. The number of nitrogens with one attached hydrogen (secondary N) is 1. The number of hydrogen-bond donors (Lipinski definition) is 1. The summed E-state index contributed by atoms with van der Waals surface area (Å²) in [4.78, 5) is 12.6. The van der Waals surface area contributed by atoms with E-state index in [1.807, 2.05) is 48.9 Å². The number of carbonyl (C=O) groups is 1. The summed E-state index contributed by atoms with van der Waals surface area (Å²) in [5, 5.41) is 15.4. The van der Waals surface area contributed by atoms with Crippen molar-refractivity contribution in [2.45, 2.75) is 49.7 Å². The number of benzene rings is 1. The molecule has 3 rings (SSSR count). The van der Waals surface area contributed by atoms with Gasteiger partial charge in [-0.3, -0.25) is 4.79 Å². The fourth-order valence-corrected chi connectivity index (χ4v) is 3.37. The van der Waals surface area contributed by atoms with Crippen molar-refractivity contribution in [2.75, 3.05) is 0 Å². The summed E-state index contributed by atoms with van der Waals surface area (Å²) < 4.78 is 1.85. The van der Waals surface area contributed by atoms with Gasteiger partial charge in [0, 0.05) is 6.54 Å². The maximum atomic E-state index is 12.6. The highest BCUT2D eigenvalue weighted by Crippen LogP contribution is 2.37. The maximum absolute atomic E-state index is 12.6. The van der Waals surface area contributed by atoms with Gasteiger partial charge in [-0.15, -0.1) is 5.10 Å². The number of nitrogens with zero attached hydrogens (tertiary/aromatic N) is 4. The van der Waals surface area contributed by atoms with Crippen LogP contribution in [0.15, 0.2) is 35.5 Å². The van der Waals surface area contributed by atoms with E-state index in [0.717, 1.165) is 23.6 Å². The Bertz CT molecular complexity index is 654. The van der Waals surface area contributed by atoms with Gasteiger partial charge in [0.15, 0.2) is 0 Å². The van der Waals surface area contributed by atoms with Crippen molar-refractivity contribution in [3.05, 3.63) is 35.9 Å². The molecule has 0 spiro atoms. The van der Waals surface area contributed by atoms with Gasteiger partial charge in [-0.1, -0.05) is 55.9 Å². The molecule has 0 saturated heterocycles. The SMILES string of the molecule is CC(C)[C@H](Sc1nnnn1C1CC1)C(=O)NCc1ccccc1. The van der Waals surface area contributed by atoms with Gasteiger partial charge in [-0.25, -0.2) is 4.68 Å². The molecule has 1 saturated carbocycles. The summed E-state index contributed by atoms with van der Waals surface area (Å²) in [6, 6.07) is 10.3. The number of tetrazole rings is 1. The monoisotopic (exact) mass is 331 g/mol. The molecule has 2 aromatic rings. The molecule has 0 bridgehead atoms. The van der Waals surface area contributed by atoms with Gasteiger partial charge in [-0.2, -0.15) is 0 Å². The van der Waals surface area contributed by atoms with Crippen LogP contribution in [-0.4, -0.2) is 31.4 Å². The van der Waals surface area contributed by atoms with Crippen molar-refractivity contribution in [1.82, 2.24) is 25.5 Å². The summed E-state index contributed by atoms with van der Waals surface area (Å²) in [5.74, 6) is 0.222. The van der Waals surface area contributed by atoms with E-state index < -0.39 is 0 Å². The Kier molecular flexibility index (Phi) is 4.95. The lowest BCUT2D eigenvalue weighted by Crippen LogP contribution is -2.35. The zero-order chi connectivity index (χ0) is 16.2. The van der Waals surface area contributed by atoms with Crippen LogP contribution in [-0.2, 0) is 11.3 Å². The first-order chi connectivity index (χ1) is 11.1. The number of carbonyl (C=O) groups excluding carboxylic acids is 1. The van der Waals surface area contributed by atoms with E-state index >= 15 is 0 Å². The normalized spacial score (nSPS) is 15.6. The molecule has 1 fully saturated rings. The Morgan fingerprint density at radius 2 is 2.09 bits per heavy atom. The van der Waals surface area contributed by atoms with E-state index in [2.05, 4.69) is 20.8 Å². The van der Waals surface area contributed by atoms with Crippen LogP contribution < -0.4 is 5.32 Å². The predicted molar refractivity (Wildman–Crippen MR) is 88.9 cm³/mol. The number of thioether (sulfide) groups is 1. The first kappa shape index (κ1) is 16.0. The molecule has 1 aliphatic carbocycles. The zero-order valence-corrected chi connectivity index (χ0v) is 14.2. The van der Waals surface area contributed by atoms with Gasteiger partial charge in [-0.05, 0) is 34.7 Å². The van der Waals surface area contributed by atoms with Crippen molar-refractivity contribution in [2.24, 2.45) is 5.92 Å². The lowest BCUT2D eigenvalue weighted by atomic mass is 10.1. The molecular weight excluding hydrogens is 310 g/mol. The van der Waals surface area contributed by atoms with Crippen molar-refractivity contribution in [3.8, 4) is 0 Å². The summed E-state index contributed by atoms with van der Waals surface area (Å²) in [6.45, 7) is 4.63. The van der Waals surface area contributed by atoms with E-state index in [1.54, 1.807) is 0 Å². The molecule has 7 heteroatoms. The third kappa shape index (κ3) is 4.10. The molecule has 1 aromatic carbocycles. The molecule has 1 aromatic heterocycles.